The number of rotatable bonds is 10. The van der Waals surface area contributed by atoms with Gasteiger partial charge in [0.1, 0.15) is 11.0 Å². The molecule has 32 heavy (non-hydrogen) atoms. The third-order valence-electron chi connectivity index (χ3n) is 4.67. The van der Waals surface area contributed by atoms with E-state index in [4.69, 9.17) is 21.1 Å². The van der Waals surface area contributed by atoms with Crippen LogP contribution in [0.3, 0.4) is 0 Å². The van der Waals surface area contributed by atoms with Crippen LogP contribution in [-0.2, 0) is 14.3 Å². The molecule has 9 heteroatoms. The van der Waals surface area contributed by atoms with Crippen LogP contribution >= 0.6 is 23.4 Å². The summed E-state index contributed by atoms with van der Waals surface area (Å²) < 4.78 is 10.6. The van der Waals surface area contributed by atoms with Crippen LogP contribution in [0.5, 0.6) is 5.75 Å². The fourth-order valence-corrected chi connectivity index (χ4v) is 4.49. The second kappa shape index (κ2) is 11.9. The molecule has 0 radical (unpaired) electrons. The van der Waals surface area contributed by atoms with Gasteiger partial charge in [-0.15, -0.1) is 0 Å². The van der Waals surface area contributed by atoms with Gasteiger partial charge in [0.25, 0.3) is 0 Å². The Morgan fingerprint density at radius 3 is 2.72 bits per heavy atom. The lowest BCUT2D eigenvalue weighted by Gasteiger charge is -2.16. The molecular formula is C23H26ClN3O4S. The van der Waals surface area contributed by atoms with Gasteiger partial charge in [0.05, 0.1) is 12.8 Å². The summed E-state index contributed by atoms with van der Waals surface area (Å²) in [5.74, 6) is 0.353. The summed E-state index contributed by atoms with van der Waals surface area (Å²) in [6, 6.07) is 14.2. The van der Waals surface area contributed by atoms with E-state index in [1.54, 1.807) is 36.3 Å². The molecule has 1 aliphatic heterocycles. The molecule has 0 saturated carbocycles. The average molecular weight is 476 g/mol. The van der Waals surface area contributed by atoms with Crippen LogP contribution < -0.4 is 10.1 Å². The van der Waals surface area contributed by atoms with Crippen molar-refractivity contribution in [2.24, 2.45) is 4.99 Å². The summed E-state index contributed by atoms with van der Waals surface area (Å²) in [4.78, 5) is 31.9. The van der Waals surface area contributed by atoms with E-state index in [1.807, 2.05) is 31.2 Å². The largest absolute Gasteiger partial charge is 0.497 e. The van der Waals surface area contributed by atoms with Gasteiger partial charge < -0.3 is 14.8 Å². The van der Waals surface area contributed by atoms with E-state index in [1.165, 1.54) is 11.8 Å². The number of ether oxygens (including phenoxy) is 2. The van der Waals surface area contributed by atoms with Crippen LogP contribution in [0.15, 0.2) is 53.5 Å². The molecule has 1 heterocycles. The molecule has 0 aromatic heterocycles. The predicted octanol–water partition coefficient (Wildman–Crippen LogP) is 4.74. The van der Waals surface area contributed by atoms with Crippen molar-refractivity contribution in [1.29, 1.82) is 0 Å². The number of methoxy groups -OCH3 is 1. The topological polar surface area (TPSA) is 80.2 Å². The van der Waals surface area contributed by atoms with E-state index < -0.39 is 5.25 Å². The highest BCUT2D eigenvalue weighted by molar-refractivity contribution is 8.15. The zero-order chi connectivity index (χ0) is 22.9. The van der Waals surface area contributed by atoms with E-state index >= 15 is 0 Å². The minimum atomic E-state index is -0.543. The third-order valence-corrected chi connectivity index (χ3v) is 6.08. The fraction of sp³-hybridized carbons (Fsp3) is 0.348. The van der Waals surface area contributed by atoms with Gasteiger partial charge in [-0.1, -0.05) is 29.4 Å². The monoisotopic (exact) mass is 475 g/mol. The molecule has 2 amide bonds. The summed E-state index contributed by atoms with van der Waals surface area (Å²) in [5.41, 5.74) is 1.30. The highest BCUT2D eigenvalue weighted by Gasteiger charge is 2.38. The summed E-state index contributed by atoms with van der Waals surface area (Å²) in [6.07, 6.45) is 0.725. The smallest absolute Gasteiger partial charge is 0.242 e. The van der Waals surface area contributed by atoms with E-state index in [2.05, 4.69) is 10.3 Å². The molecule has 1 N–H and O–H groups in total. The van der Waals surface area contributed by atoms with E-state index in [0.29, 0.717) is 47.7 Å². The Morgan fingerprint density at radius 1 is 1.25 bits per heavy atom. The number of aliphatic imine (C=N–C) groups is 1. The maximum Gasteiger partial charge on any atom is 0.242 e. The van der Waals surface area contributed by atoms with E-state index in [9.17, 15) is 9.59 Å². The van der Waals surface area contributed by atoms with E-state index in [-0.39, 0.29) is 18.2 Å². The zero-order valence-electron chi connectivity index (χ0n) is 18.0. The number of hydrogen-bond donors (Lipinski definition) is 1. The molecule has 0 spiro atoms. The first-order chi connectivity index (χ1) is 15.5. The molecular weight excluding hydrogens is 450 g/mol. The van der Waals surface area contributed by atoms with Gasteiger partial charge in [-0.2, -0.15) is 0 Å². The highest BCUT2D eigenvalue weighted by Crippen LogP contribution is 2.32. The van der Waals surface area contributed by atoms with Crippen molar-refractivity contribution in [2.75, 3.05) is 32.2 Å². The van der Waals surface area contributed by atoms with Crippen molar-refractivity contribution in [1.82, 2.24) is 4.90 Å². The minimum Gasteiger partial charge on any atom is -0.497 e. The number of benzene rings is 2. The molecule has 170 valence electrons. The average Bonchev–Trinajstić information content (AvgIpc) is 3.05. The van der Waals surface area contributed by atoms with Crippen molar-refractivity contribution < 1.29 is 19.1 Å². The normalized spacial score (nSPS) is 17.1. The molecule has 1 unspecified atom stereocenters. The number of nitrogens with zero attached hydrogens (tertiary/aromatic N) is 2. The van der Waals surface area contributed by atoms with Crippen molar-refractivity contribution in [3.8, 4) is 5.75 Å². The van der Waals surface area contributed by atoms with Crippen LogP contribution in [-0.4, -0.2) is 54.0 Å². The fourth-order valence-electron chi connectivity index (χ4n) is 3.11. The summed E-state index contributed by atoms with van der Waals surface area (Å²) in [5, 5.41) is 3.37. The van der Waals surface area contributed by atoms with Gasteiger partial charge in [0.2, 0.25) is 11.8 Å². The highest BCUT2D eigenvalue weighted by atomic mass is 35.5. The second-order valence-corrected chi connectivity index (χ2v) is 8.61. The first kappa shape index (κ1) is 24.1. The molecule has 2 aromatic carbocycles. The Morgan fingerprint density at radius 2 is 2.03 bits per heavy atom. The van der Waals surface area contributed by atoms with Crippen LogP contribution in [0.1, 0.15) is 19.8 Å². The molecule has 1 fully saturated rings. The number of halogens is 1. The lowest BCUT2D eigenvalue weighted by Crippen LogP contribution is -2.34. The number of amidine groups is 1. The molecule has 1 atom stereocenters. The molecule has 0 bridgehead atoms. The minimum absolute atomic E-state index is 0.0413. The quantitative estimate of drug-likeness (QED) is 0.502. The van der Waals surface area contributed by atoms with Gasteiger partial charge in [-0.25, -0.2) is 4.99 Å². The van der Waals surface area contributed by atoms with Gasteiger partial charge in [-0.05, 0) is 55.8 Å². The Kier molecular flexibility index (Phi) is 8.96. The molecule has 1 saturated heterocycles. The molecule has 1 aliphatic rings. The summed E-state index contributed by atoms with van der Waals surface area (Å²) in [7, 11) is 1.60. The molecule has 3 rings (SSSR count). The first-order valence-corrected chi connectivity index (χ1v) is 11.6. The first-order valence-electron chi connectivity index (χ1n) is 10.3. The summed E-state index contributed by atoms with van der Waals surface area (Å²) in [6.45, 7) is 3.59. The lowest BCUT2D eigenvalue weighted by molar-refractivity contribution is -0.128. The maximum atomic E-state index is 13.1. The van der Waals surface area contributed by atoms with Crippen molar-refractivity contribution >= 4 is 51.7 Å². The maximum absolute atomic E-state index is 13.1. The third kappa shape index (κ3) is 6.72. The summed E-state index contributed by atoms with van der Waals surface area (Å²) >= 11 is 7.28. The lowest BCUT2D eigenvalue weighted by atomic mass is 10.2. The van der Waals surface area contributed by atoms with Crippen molar-refractivity contribution in [3.63, 3.8) is 0 Å². The molecule has 0 aliphatic carbocycles. The van der Waals surface area contributed by atoms with E-state index in [0.717, 1.165) is 5.75 Å². The number of nitrogens with one attached hydrogen (secondary N) is 1. The standard InChI is InChI=1S/C23H26ClN3O4S/c1-3-31-13-5-12-27-22(29)20(15-21(28)25-18-7-4-6-16(24)14-18)32-23(27)26-17-8-10-19(30-2)11-9-17/h4,6-11,14,20H,3,5,12-13,15H2,1-2H3,(H,25,28). The SMILES string of the molecule is CCOCCCN1C(=O)C(CC(=O)Nc2cccc(Cl)c2)SC1=Nc1ccc(OC)cc1. The Bertz CT molecular complexity index is 968. The molecule has 7 nitrogen and oxygen atoms in total. The van der Waals surface area contributed by atoms with Gasteiger partial charge >= 0.3 is 0 Å². The van der Waals surface area contributed by atoms with Crippen LogP contribution in [0, 0.1) is 0 Å². The van der Waals surface area contributed by atoms with Crippen LogP contribution in [0.2, 0.25) is 5.02 Å². The second-order valence-electron chi connectivity index (χ2n) is 7.00. The zero-order valence-corrected chi connectivity index (χ0v) is 19.6. The number of amides is 2. The number of carbonyl (C=O) groups excluding carboxylic acids is 2. The Balaban J connectivity index is 1.71. The van der Waals surface area contributed by atoms with Crippen LogP contribution in [0.25, 0.3) is 0 Å². The Labute approximate surface area is 197 Å². The van der Waals surface area contributed by atoms with Gasteiger partial charge in [0.15, 0.2) is 5.17 Å². The molecule has 2 aromatic rings. The Hall–Kier alpha value is -2.55. The number of thioether (sulfide) groups is 1. The van der Waals surface area contributed by atoms with Crippen LogP contribution in [0.4, 0.5) is 11.4 Å². The van der Waals surface area contributed by atoms with Gasteiger partial charge in [0, 0.05) is 36.9 Å². The number of anilines is 1. The predicted molar refractivity (Wildman–Crippen MR) is 129 cm³/mol. The van der Waals surface area contributed by atoms with Gasteiger partial charge in [-0.3, -0.25) is 14.5 Å². The van der Waals surface area contributed by atoms with Crippen molar-refractivity contribution in [3.05, 3.63) is 53.6 Å². The van der Waals surface area contributed by atoms with Crippen molar-refractivity contribution in [2.45, 2.75) is 25.0 Å². The number of carbonyl (C=O) groups is 2. The number of hydrogen-bond acceptors (Lipinski definition) is 6.